The van der Waals surface area contributed by atoms with Crippen molar-refractivity contribution in [2.75, 3.05) is 7.11 Å². The van der Waals surface area contributed by atoms with Crippen molar-refractivity contribution in [1.29, 1.82) is 0 Å². The molecule has 2 aromatic rings. The van der Waals surface area contributed by atoms with Gasteiger partial charge in [0.15, 0.2) is 12.0 Å². The van der Waals surface area contributed by atoms with Gasteiger partial charge in [-0.05, 0) is 32.9 Å². The van der Waals surface area contributed by atoms with E-state index < -0.39 is 5.54 Å². The molecule has 0 aliphatic heterocycles. The molecule has 0 aliphatic rings. The normalized spacial score (nSPS) is 13.3. The minimum absolute atomic E-state index is 0.297. The van der Waals surface area contributed by atoms with Crippen LogP contribution in [-0.4, -0.2) is 34.9 Å². The van der Waals surface area contributed by atoms with Gasteiger partial charge in [0, 0.05) is 6.07 Å². The first-order chi connectivity index (χ1) is 10.4. The Hall–Kier alpha value is -2.15. The molecule has 1 N–H and O–H groups in total. The Morgan fingerprint density at radius 1 is 1.50 bits per heavy atom. The molecule has 6 nitrogen and oxygen atoms in total. The van der Waals surface area contributed by atoms with Crippen LogP contribution in [0.15, 0.2) is 34.2 Å². The van der Waals surface area contributed by atoms with Crippen molar-refractivity contribution in [1.82, 2.24) is 10.3 Å². The molecule has 0 spiro atoms. The number of aromatic nitrogens is 1. The Kier molecular flexibility index (Phi) is 4.97. The lowest BCUT2D eigenvalue weighted by atomic mass is 10.1. The van der Waals surface area contributed by atoms with Crippen LogP contribution >= 0.6 is 12.2 Å². The van der Waals surface area contributed by atoms with Gasteiger partial charge in [-0.2, -0.15) is 0 Å². The maximum absolute atomic E-state index is 5.84. The number of hydrogen-bond acceptors (Lipinski definition) is 6. The lowest BCUT2D eigenvalue weighted by molar-refractivity contribution is 0.212. The number of nitrogens with zero attached hydrogens (tertiary/aromatic N) is 2. The minimum Gasteiger partial charge on any atom is -0.484 e. The number of rotatable bonds is 6. The summed E-state index contributed by atoms with van der Waals surface area (Å²) in [6.45, 7) is 5.76. The van der Waals surface area contributed by atoms with Crippen molar-refractivity contribution in [3.63, 3.8) is 0 Å². The molecule has 1 unspecified atom stereocenters. The van der Waals surface area contributed by atoms with Crippen LogP contribution < -0.4 is 10.1 Å². The average molecular weight is 321 g/mol. The van der Waals surface area contributed by atoms with Gasteiger partial charge in [-0.25, -0.2) is 4.98 Å². The van der Waals surface area contributed by atoms with Crippen LogP contribution in [0.25, 0.3) is 11.1 Å². The molecule has 0 saturated carbocycles. The van der Waals surface area contributed by atoms with Gasteiger partial charge in [-0.1, -0.05) is 17.4 Å². The first kappa shape index (κ1) is 16.2. The van der Waals surface area contributed by atoms with E-state index in [9.17, 15) is 0 Å². The van der Waals surface area contributed by atoms with E-state index in [1.165, 1.54) is 13.5 Å². The zero-order chi connectivity index (χ0) is 16.2. The summed E-state index contributed by atoms with van der Waals surface area (Å²) >= 11 is 5.38. The molecule has 0 bridgehead atoms. The Bertz CT molecular complexity index is 681. The van der Waals surface area contributed by atoms with Crippen LogP contribution in [0.2, 0.25) is 0 Å². The summed E-state index contributed by atoms with van der Waals surface area (Å²) in [7, 11) is 1.50. The van der Waals surface area contributed by atoms with Crippen molar-refractivity contribution < 1.29 is 14.0 Å². The highest BCUT2D eigenvalue weighted by atomic mass is 32.1. The Balaban J connectivity index is 2.00. The molecular weight excluding hydrogens is 302 g/mol. The summed E-state index contributed by atoms with van der Waals surface area (Å²) in [4.78, 5) is 9.36. The molecule has 1 atom stereocenters. The maximum Gasteiger partial charge on any atom is 0.181 e. The van der Waals surface area contributed by atoms with Crippen molar-refractivity contribution in [3.8, 4) is 5.75 Å². The van der Waals surface area contributed by atoms with Gasteiger partial charge in [0.25, 0.3) is 0 Å². The van der Waals surface area contributed by atoms with Crippen LogP contribution in [0.3, 0.4) is 0 Å². The summed E-state index contributed by atoms with van der Waals surface area (Å²) < 4.78 is 11.0. The Morgan fingerprint density at radius 2 is 2.27 bits per heavy atom. The van der Waals surface area contributed by atoms with Gasteiger partial charge in [0.05, 0.1) is 11.8 Å². The number of nitrogens with one attached hydrogen (secondary N) is 1. The standard InChI is InChI=1S/C15H19N3O3S/c1-10(14(22)18-15(2,3)8-17-19-4)21-11-5-6-13-12(7-11)16-9-20-13/h5-10H,1-4H3,(H,18,22). The number of benzene rings is 1. The van der Waals surface area contributed by atoms with Crippen molar-refractivity contribution in [2.45, 2.75) is 32.4 Å². The SMILES string of the molecule is CON=CC(C)(C)NC(=S)C(C)Oc1ccc2ocnc2c1. The summed E-state index contributed by atoms with van der Waals surface area (Å²) in [5, 5.41) is 6.95. The quantitative estimate of drug-likeness (QED) is 0.501. The molecule has 0 aliphatic carbocycles. The summed E-state index contributed by atoms with van der Waals surface area (Å²) in [6.07, 6.45) is 2.75. The van der Waals surface area contributed by atoms with E-state index in [1.54, 1.807) is 6.21 Å². The lowest BCUT2D eigenvalue weighted by Gasteiger charge is -2.26. The predicted octanol–water partition coefficient (Wildman–Crippen LogP) is 2.92. The van der Waals surface area contributed by atoms with Crippen LogP contribution in [-0.2, 0) is 4.84 Å². The first-order valence-electron chi connectivity index (χ1n) is 6.81. The zero-order valence-electron chi connectivity index (χ0n) is 13.0. The molecule has 1 aromatic carbocycles. The highest BCUT2D eigenvalue weighted by Crippen LogP contribution is 2.20. The van der Waals surface area contributed by atoms with E-state index in [-0.39, 0.29) is 6.10 Å². The third-order valence-corrected chi connectivity index (χ3v) is 3.34. The van der Waals surface area contributed by atoms with Gasteiger partial charge in [-0.3, -0.25) is 0 Å². The first-order valence-corrected chi connectivity index (χ1v) is 7.22. The smallest absolute Gasteiger partial charge is 0.181 e. The molecule has 2 rings (SSSR count). The molecule has 0 saturated heterocycles. The molecule has 1 heterocycles. The fourth-order valence-corrected chi connectivity index (χ4v) is 2.12. The molecule has 1 aromatic heterocycles. The number of oxime groups is 1. The summed E-state index contributed by atoms with van der Waals surface area (Å²) in [5.41, 5.74) is 1.04. The Morgan fingerprint density at radius 3 is 3.00 bits per heavy atom. The van der Waals surface area contributed by atoms with Crippen LogP contribution in [0.5, 0.6) is 5.75 Å². The van der Waals surface area contributed by atoms with Crippen LogP contribution in [0.1, 0.15) is 20.8 Å². The van der Waals surface area contributed by atoms with E-state index in [4.69, 9.17) is 21.4 Å². The van der Waals surface area contributed by atoms with Gasteiger partial charge in [-0.15, -0.1) is 0 Å². The highest BCUT2D eigenvalue weighted by Gasteiger charge is 2.20. The van der Waals surface area contributed by atoms with Gasteiger partial charge >= 0.3 is 0 Å². The van der Waals surface area contributed by atoms with E-state index in [2.05, 4.69) is 20.3 Å². The van der Waals surface area contributed by atoms with Crippen molar-refractivity contribution >= 4 is 34.5 Å². The molecule has 0 fully saturated rings. The monoisotopic (exact) mass is 321 g/mol. The van der Waals surface area contributed by atoms with Gasteiger partial charge < -0.3 is 19.3 Å². The fourth-order valence-electron chi connectivity index (χ4n) is 1.80. The molecule has 118 valence electrons. The topological polar surface area (TPSA) is 68.9 Å². The summed E-state index contributed by atoms with van der Waals surface area (Å²) in [6, 6.07) is 5.45. The second-order valence-electron chi connectivity index (χ2n) is 5.37. The van der Waals surface area contributed by atoms with Gasteiger partial charge in [0.2, 0.25) is 0 Å². The molecule has 22 heavy (non-hydrogen) atoms. The predicted molar refractivity (Wildman–Crippen MR) is 89.4 cm³/mol. The second-order valence-corrected chi connectivity index (χ2v) is 5.81. The highest BCUT2D eigenvalue weighted by molar-refractivity contribution is 7.80. The number of oxazole rings is 1. The van der Waals surface area contributed by atoms with E-state index in [0.29, 0.717) is 10.7 Å². The average Bonchev–Trinajstić information content (AvgIpc) is 2.92. The summed E-state index contributed by atoms with van der Waals surface area (Å²) in [5.74, 6) is 0.682. The molecule has 0 radical (unpaired) electrons. The van der Waals surface area contributed by atoms with E-state index in [0.717, 1.165) is 11.1 Å². The van der Waals surface area contributed by atoms with E-state index in [1.807, 2.05) is 39.0 Å². The fraction of sp³-hybridized carbons (Fsp3) is 0.400. The number of ether oxygens (including phenoxy) is 1. The molecule has 0 amide bonds. The Labute approximate surface area is 134 Å². The molecule has 7 heteroatoms. The number of thiocarbonyl (C=S) groups is 1. The van der Waals surface area contributed by atoms with Crippen LogP contribution in [0.4, 0.5) is 0 Å². The van der Waals surface area contributed by atoms with Gasteiger partial charge in [0.1, 0.15) is 29.5 Å². The number of hydrogen-bond donors (Lipinski definition) is 1. The largest absolute Gasteiger partial charge is 0.484 e. The maximum atomic E-state index is 5.84. The van der Waals surface area contributed by atoms with Crippen LogP contribution in [0, 0.1) is 0 Å². The van der Waals surface area contributed by atoms with E-state index >= 15 is 0 Å². The lowest BCUT2D eigenvalue weighted by Crippen LogP contribution is -2.48. The molecular formula is C15H19N3O3S. The third-order valence-electron chi connectivity index (χ3n) is 2.91. The van der Waals surface area contributed by atoms with Crippen molar-refractivity contribution in [2.24, 2.45) is 5.16 Å². The van der Waals surface area contributed by atoms with Crippen molar-refractivity contribution in [3.05, 3.63) is 24.6 Å². The number of fused-ring (bicyclic) bond motifs is 1. The minimum atomic E-state index is -0.430. The zero-order valence-corrected chi connectivity index (χ0v) is 13.8. The second kappa shape index (κ2) is 6.74. The third kappa shape index (κ3) is 4.17.